The lowest BCUT2D eigenvalue weighted by Crippen LogP contribution is -2.14. The average Bonchev–Trinajstić information content (AvgIpc) is 2.20. The first-order valence-electron chi connectivity index (χ1n) is 4.48. The Morgan fingerprint density at radius 3 is 2.56 bits per heavy atom. The van der Waals surface area contributed by atoms with E-state index in [9.17, 15) is 14.0 Å². The molecular weight excluding hydrogens is 213 g/mol. The van der Waals surface area contributed by atoms with Crippen LogP contribution >= 0.6 is 0 Å². The standard InChI is InChI=1S/C11H10FNO3/c1-7(6-10(14)15)11(16)13-9-5-3-2-4-8(9)12/h2-6H,1H3,(H,13,16)(H,14,15). The van der Waals surface area contributed by atoms with E-state index in [-0.39, 0.29) is 11.3 Å². The monoisotopic (exact) mass is 223 g/mol. The molecule has 0 aliphatic heterocycles. The van der Waals surface area contributed by atoms with Gasteiger partial charge in [0.2, 0.25) is 0 Å². The molecular formula is C11H10FNO3. The lowest BCUT2D eigenvalue weighted by atomic mass is 10.2. The predicted octanol–water partition coefficient (Wildman–Crippen LogP) is 1.80. The zero-order chi connectivity index (χ0) is 12.1. The molecule has 0 unspecified atom stereocenters. The molecule has 5 heteroatoms. The topological polar surface area (TPSA) is 66.4 Å². The molecule has 0 saturated heterocycles. The Labute approximate surface area is 91.4 Å². The molecule has 1 aromatic carbocycles. The second-order valence-corrected chi connectivity index (χ2v) is 3.10. The van der Waals surface area contributed by atoms with E-state index in [1.807, 2.05) is 0 Å². The van der Waals surface area contributed by atoms with E-state index >= 15 is 0 Å². The van der Waals surface area contributed by atoms with Crippen molar-refractivity contribution in [2.45, 2.75) is 6.92 Å². The fourth-order valence-corrected chi connectivity index (χ4v) is 1.03. The van der Waals surface area contributed by atoms with Crippen LogP contribution in [0.25, 0.3) is 0 Å². The van der Waals surface area contributed by atoms with Gasteiger partial charge in [-0.05, 0) is 19.1 Å². The molecule has 0 spiro atoms. The van der Waals surface area contributed by atoms with E-state index in [2.05, 4.69) is 5.32 Å². The number of carbonyl (C=O) groups excluding carboxylic acids is 1. The van der Waals surface area contributed by atoms with Crippen LogP contribution in [0.2, 0.25) is 0 Å². The number of carboxylic acids is 1. The van der Waals surface area contributed by atoms with Crippen molar-refractivity contribution in [1.29, 1.82) is 0 Å². The van der Waals surface area contributed by atoms with Gasteiger partial charge >= 0.3 is 5.97 Å². The highest BCUT2D eigenvalue weighted by atomic mass is 19.1. The van der Waals surface area contributed by atoms with Crippen molar-refractivity contribution in [3.8, 4) is 0 Å². The van der Waals surface area contributed by atoms with Crippen molar-refractivity contribution in [3.05, 3.63) is 41.7 Å². The number of benzene rings is 1. The summed E-state index contributed by atoms with van der Waals surface area (Å²) in [5, 5.41) is 10.7. The minimum absolute atomic E-state index is 0.00393. The third kappa shape index (κ3) is 3.20. The normalized spacial score (nSPS) is 11.0. The van der Waals surface area contributed by atoms with Crippen LogP contribution in [0, 0.1) is 5.82 Å². The average molecular weight is 223 g/mol. The summed E-state index contributed by atoms with van der Waals surface area (Å²) in [6.07, 6.45) is 0.760. The number of amides is 1. The van der Waals surface area contributed by atoms with E-state index in [0.717, 1.165) is 6.08 Å². The molecule has 2 N–H and O–H groups in total. The van der Waals surface area contributed by atoms with Crippen molar-refractivity contribution in [2.75, 3.05) is 5.32 Å². The smallest absolute Gasteiger partial charge is 0.328 e. The summed E-state index contributed by atoms with van der Waals surface area (Å²) < 4.78 is 13.1. The van der Waals surface area contributed by atoms with Crippen LogP contribution in [0.1, 0.15) is 6.92 Å². The van der Waals surface area contributed by atoms with E-state index < -0.39 is 17.7 Å². The van der Waals surface area contributed by atoms with E-state index in [1.165, 1.54) is 25.1 Å². The molecule has 4 nitrogen and oxygen atoms in total. The Hall–Kier alpha value is -2.17. The highest BCUT2D eigenvalue weighted by Gasteiger charge is 2.08. The zero-order valence-corrected chi connectivity index (χ0v) is 8.53. The fraction of sp³-hybridized carbons (Fsp3) is 0.0909. The Balaban J connectivity index is 2.80. The highest BCUT2D eigenvalue weighted by Crippen LogP contribution is 2.13. The number of carbonyl (C=O) groups is 2. The minimum Gasteiger partial charge on any atom is -0.478 e. The van der Waals surface area contributed by atoms with Gasteiger partial charge in [0.05, 0.1) is 5.69 Å². The molecule has 0 aliphatic rings. The number of para-hydroxylation sites is 1. The van der Waals surface area contributed by atoms with Gasteiger partial charge in [-0.2, -0.15) is 0 Å². The second-order valence-electron chi connectivity index (χ2n) is 3.10. The maximum Gasteiger partial charge on any atom is 0.328 e. The number of hydrogen-bond acceptors (Lipinski definition) is 2. The van der Waals surface area contributed by atoms with Gasteiger partial charge in [0.15, 0.2) is 0 Å². The van der Waals surface area contributed by atoms with Crippen LogP contribution in [-0.2, 0) is 9.59 Å². The second kappa shape index (κ2) is 5.06. The Morgan fingerprint density at radius 2 is 2.00 bits per heavy atom. The van der Waals surface area contributed by atoms with Crippen molar-refractivity contribution in [3.63, 3.8) is 0 Å². The van der Waals surface area contributed by atoms with Gasteiger partial charge < -0.3 is 10.4 Å². The van der Waals surface area contributed by atoms with Crippen molar-refractivity contribution >= 4 is 17.6 Å². The summed E-state index contributed by atoms with van der Waals surface area (Å²) in [6.45, 7) is 1.34. The Morgan fingerprint density at radius 1 is 1.38 bits per heavy atom. The van der Waals surface area contributed by atoms with Gasteiger partial charge in [-0.25, -0.2) is 9.18 Å². The fourth-order valence-electron chi connectivity index (χ4n) is 1.03. The number of aliphatic carboxylic acids is 1. The first kappa shape index (κ1) is 11.9. The summed E-state index contributed by atoms with van der Waals surface area (Å²) in [5.41, 5.74) is 0.0152. The van der Waals surface area contributed by atoms with Crippen molar-refractivity contribution in [2.24, 2.45) is 0 Å². The molecule has 16 heavy (non-hydrogen) atoms. The molecule has 0 bridgehead atoms. The summed E-state index contributed by atoms with van der Waals surface area (Å²) in [5.74, 6) is -2.44. The maximum absolute atomic E-state index is 13.1. The minimum atomic E-state index is -1.22. The molecule has 0 fully saturated rings. The first-order chi connectivity index (χ1) is 7.50. The van der Waals surface area contributed by atoms with E-state index in [1.54, 1.807) is 6.07 Å². The van der Waals surface area contributed by atoms with Crippen LogP contribution in [0.4, 0.5) is 10.1 Å². The first-order valence-corrected chi connectivity index (χ1v) is 4.48. The SMILES string of the molecule is CC(=CC(=O)O)C(=O)Nc1ccccc1F. The number of nitrogens with one attached hydrogen (secondary N) is 1. The largest absolute Gasteiger partial charge is 0.478 e. The molecule has 0 heterocycles. The van der Waals surface area contributed by atoms with Crippen LogP contribution in [0.5, 0.6) is 0 Å². The van der Waals surface area contributed by atoms with Crippen molar-refractivity contribution < 1.29 is 19.1 Å². The van der Waals surface area contributed by atoms with Gasteiger partial charge in [-0.1, -0.05) is 12.1 Å². The Kier molecular flexibility index (Phi) is 3.77. The third-order valence-corrected chi connectivity index (χ3v) is 1.82. The molecule has 84 valence electrons. The molecule has 1 rings (SSSR count). The third-order valence-electron chi connectivity index (χ3n) is 1.82. The summed E-state index contributed by atoms with van der Waals surface area (Å²) >= 11 is 0. The zero-order valence-electron chi connectivity index (χ0n) is 8.53. The number of carboxylic acid groups (broad SMARTS) is 1. The van der Waals surface area contributed by atoms with Gasteiger partial charge in [0.25, 0.3) is 5.91 Å². The number of rotatable bonds is 3. The van der Waals surface area contributed by atoms with Gasteiger partial charge in [-0.3, -0.25) is 4.79 Å². The molecule has 1 amide bonds. The van der Waals surface area contributed by atoms with E-state index in [4.69, 9.17) is 5.11 Å². The lowest BCUT2D eigenvalue weighted by Gasteiger charge is -2.05. The quantitative estimate of drug-likeness (QED) is 0.768. The van der Waals surface area contributed by atoms with Crippen molar-refractivity contribution in [1.82, 2.24) is 0 Å². The molecule has 0 saturated carbocycles. The van der Waals surface area contributed by atoms with Crippen LogP contribution < -0.4 is 5.32 Å². The molecule has 0 aromatic heterocycles. The molecule has 0 aliphatic carbocycles. The maximum atomic E-state index is 13.1. The predicted molar refractivity (Wildman–Crippen MR) is 56.4 cm³/mol. The molecule has 1 aromatic rings. The summed E-state index contributed by atoms with van der Waals surface area (Å²) in [6, 6.07) is 5.65. The van der Waals surface area contributed by atoms with Crippen LogP contribution in [-0.4, -0.2) is 17.0 Å². The highest BCUT2D eigenvalue weighted by molar-refractivity contribution is 6.06. The lowest BCUT2D eigenvalue weighted by molar-refractivity contribution is -0.131. The Bertz CT molecular complexity index is 454. The summed E-state index contributed by atoms with van der Waals surface area (Å²) in [7, 11) is 0. The number of anilines is 1. The van der Waals surface area contributed by atoms with Gasteiger partial charge in [-0.15, -0.1) is 0 Å². The van der Waals surface area contributed by atoms with Gasteiger partial charge in [0, 0.05) is 11.6 Å². The number of halogens is 1. The molecule has 0 radical (unpaired) electrons. The van der Waals surface area contributed by atoms with Crippen LogP contribution in [0.15, 0.2) is 35.9 Å². The summed E-state index contributed by atoms with van der Waals surface area (Å²) in [4.78, 5) is 21.7. The van der Waals surface area contributed by atoms with Crippen LogP contribution in [0.3, 0.4) is 0 Å². The molecule has 0 atom stereocenters. The van der Waals surface area contributed by atoms with Gasteiger partial charge in [0.1, 0.15) is 5.82 Å². The number of hydrogen-bond donors (Lipinski definition) is 2. The van der Waals surface area contributed by atoms with E-state index in [0.29, 0.717) is 0 Å².